The Bertz CT molecular complexity index is 175. The van der Waals surface area contributed by atoms with Gasteiger partial charge in [-0.2, -0.15) is 0 Å². The zero-order valence-electron chi connectivity index (χ0n) is 7.91. The summed E-state index contributed by atoms with van der Waals surface area (Å²) in [7, 11) is 0. The van der Waals surface area contributed by atoms with Gasteiger partial charge in [-0.05, 0) is 6.92 Å². The molecule has 0 radical (unpaired) electrons. The minimum absolute atomic E-state index is 0.290. The molecule has 0 aliphatic carbocycles. The maximum Gasteiger partial charge on any atom is 0.184 e. The molecule has 1 rings (SSSR count). The first kappa shape index (κ1) is 11.8. The van der Waals surface area contributed by atoms with Crippen LogP contribution in [0.3, 0.4) is 0 Å². The maximum absolute atomic E-state index is 9.51. The van der Waals surface area contributed by atoms with Crippen molar-refractivity contribution >= 4 is 0 Å². The lowest BCUT2D eigenvalue weighted by atomic mass is 9.99. The largest absolute Gasteiger partial charge is 0.394 e. The van der Waals surface area contributed by atoms with E-state index in [1.165, 1.54) is 0 Å². The van der Waals surface area contributed by atoms with E-state index in [9.17, 15) is 15.3 Å². The molecule has 5 atom stereocenters. The van der Waals surface area contributed by atoms with Crippen LogP contribution < -0.4 is 0 Å². The molecule has 1 heterocycles. The molecule has 14 heavy (non-hydrogen) atoms. The standard InChI is InChI=1S/C8H16O6/c1-2-13-7-6(11)5(10)4(3-9)14-8(7)12/h4-12H,2-3H2,1H3/t4-,5-,6+,7+,8+/m1/s1. The second kappa shape index (κ2) is 5.01. The van der Waals surface area contributed by atoms with Gasteiger partial charge in [-0.3, -0.25) is 0 Å². The molecule has 4 N–H and O–H groups in total. The van der Waals surface area contributed by atoms with E-state index < -0.39 is 37.3 Å². The first-order chi connectivity index (χ1) is 6.61. The van der Waals surface area contributed by atoms with Crippen LogP contribution in [-0.2, 0) is 9.47 Å². The van der Waals surface area contributed by atoms with E-state index in [0.29, 0.717) is 6.61 Å². The fraction of sp³-hybridized carbons (Fsp3) is 1.00. The molecule has 6 nitrogen and oxygen atoms in total. The molecular formula is C8H16O6. The monoisotopic (exact) mass is 208 g/mol. The van der Waals surface area contributed by atoms with Crippen LogP contribution in [0.1, 0.15) is 6.92 Å². The number of aliphatic hydroxyl groups is 4. The van der Waals surface area contributed by atoms with Crippen LogP contribution in [0, 0.1) is 0 Å². The summed E-state index contributed by atoms with van der Waals surface area (Å²) >= 11 is 0. The van der Waals surface area contributed by atoms with Crippen LogP contribution in [0.5, 0.6) is 0 Å². The van der Waals surface area contributed by atoms with Gasteiger partial charge < -0.3 is 29.9 Å². The molecule has 0 spiro atoms. The second-order valence-electron chi connectivity index (χ2n) is 3.15. The predicted octanol–water partition coefficient (Wildman–Crippen LogP) is -2.18. The van der Waals surface area contributed by atoms with Gasteiger partial charge in [0.05, 0.1) is 6.61 Å². The van der Waals surface area contributed by atoms with Crippen LogP contribution in [-0.4, -0.2) is 64.3 Å². The topological polar surface area (TPSA) is 99.4 Å². The fourth-order valence-corrected chi connectivity index (χ4v) is 1.44. The van der Waals surface area contributed by atoms with Crippen LogP contribution >= 0.6 is 0 Å². The molecule has 6 heteroatoms. The Morgan fingerprint density at radius 1 is 1.21 bits per heavy atom. The van der Waals surface area contributed by atoms with E-state index in [1.54, 1.807) is 6.92 Å². The lowest BCUT2D eigenvalue weighted by Crippen LogP contribution is -2.59. The van der Waals surface area contributed by atoms with Crippen LogP contribution in [0.15, 0.2) is 0 Å². The van der Waals surface area contributed by atoms with Gasteiger partial charge in [-0.25, -0.2) is 0 Å². The zero-order valence-corrected chi connectivity index (χ0v) is 7.91. The van der Waals surface area contributed by atoms with Crippen molar-refractivity contribution in [2.45, 2.75) is 37.6 Å². The fourth-order valence-electron chi connectivity index (χ4n) is 1.44. The van der Waals surface area contributed by atoms with Crippen molar-refractivity contribution in [1.82, 2.24) is 0 Å². The summed E-state index contributed by atoms with van der Waals surface area (Å²) in [4.78, 5) is 0. The number of aliphatic hydroxyl groups excluding tert-OH is 4. The van der Waals surface area contributed by atoms with E-state index in [4.69, 9.17) is 14.6 Å². The number of ether oxygens (including phenoxy) is 2. The molecule has 0 saturated carbocycles. The highest BCUT2D eigenvalue weighted by molar-refractivity contribution is 4.89. The maximum atomic E-state index is 9.51. The molecule has 1 aliphatic rings. The van der Waals surface area contributed by atoms with Gasteiger partial charge in [0.2, 0.25) is 0 Å². The van der Waals surface area contributed by atoms with Gasteiger partial charge in [0.15, 0.2) is 6.29 Å². The van der Waals surface area contributed by atoms with Gasteiger partial charge in [-0.15, -0.1) is 0 Å². The predicted molar refractivity (Wildman–Crippen MR) is 45.4 cm³/mol. The van der Waals surface area contributed by atoms with Crippen molar-refractivity contribution in [3.8, 4) is 0 Å². The summed E-state index contributed by atoms with van der Waals surface area (Å²) < 4.78 is 9.86. The van der Waals surface area contributed by atoms with Crippen molar-refractivity contribution < 1.29 is 29.9 Å². The quantitative estimate of drug-likeness (QED) is 0.421. The molecule has 0 aromatic carbocycles. The van der Waals surface area contributed by atoms with E-state index in [-0.39, 0.29) is 0 Å². The Balaban J connectivity index is 2.63. The van der Waals surface area contributed by atoms with Crippen molar-refractivity contribution in [3.05, 3.63) is 0 Å². The Kier molecular flexibility index (Phi) is 4.24. The first-order valence-corrected chi connectivity index (χ1v) is 4.54. The van der Waals surface area contributed by atoms with Gasteiger partial charge >= 0.3 is 0 Å². The van der Waals surface area contributed by atoms with Gasteiger partial charge in [0.1, 0.15) is 24.4 Å². The number of hydrogen-bond donors (Lipinski definition) is 4. The summed E-state index contributed by atoms with van der Waals surface area (Å²) in [6, 6.07) is 0. The minimum Gasteiger partial charge on any atom is -0.394 e. The van der Waals surface area contributed by atoms with Crippen LogP contribution in [0.2, 0.25) is 0 Å². The molecule has 0 bridgehead atoms. The summed E-state index contributed by atoms with van der Waals surface area (Å²) in [5.74, 6) is 0. The normalized spacial score (nSPS) is 43.9. The summed E-state index contributed by atoms with van der Waals surface area (Å²) in [6.45, 7) is 1.52. The highest BCUT2D eigenvalue weighted by Crippen LogP contribution is 2.21. The molecular weight excluding hydrogens is 192 g/mol. The van der Waals surface area contributed by atoms with E-state index in [1.807, 2.05) is 0 Å². The highest BCUT2D eigenvalue weighted by Gasteiger charge is 2.43. The molecule has 0 unspecified atom stereocenters. The zero-order chi connectivity index (χ0) is 10.7. The summed E-state index contributed by atoms with van der Waals surface area (Å²) in [5.41, 5.74) is 0. The molecule has 1 fully saturated rings. The molecule has 0 amide bonds. The summed E-state index contributed by atoms with van der Waals surface area (Å²) in [6.07, 6.45) is -5.78. The van der Waals surface area contributed by atoms with Crippen molar-refractivity contribution in [3.63, 3.8) is 0 Å². The molecule has 84 valence electrons. The third kappa shape index (κ3) is 2.22. The third-order valence-electron chi connectivity index (χ3n) is 2.20. The molecule has 1 aliphatic heterocycles. The Morgan fingerprint density at radius 2 is 1.86 bits per heavy atom. The lowest BCUT2D eigenvalue weighted by molar-refractivity contribution is -0.295. The molecule has 1 saturated heterocycles. The van der Waals surface area contributed by atoms with Crippen molar-refractivity contribution in [2.24, 2.45) is 0 Å². The van der Waals surface area contributed by atoms with Gasteiger partial charge in [0, 0.05) is 6.61 Å². The Labute approximate surface area is 81.7 Å². The van der Waals surface area contributed by atoms with Gasteiger partial charge in [0.25, 0.3) is 0 Å². The van der Waals surface area contributed by atoms with Crippen LogP contribution in [0.25, 0.3) is 0 Å². The second-order valence-corrected chi connectivity index (χ2v) is 3.15. The van der Waals surface area contributed by atoms with Gasteiger partial charge in [-0.1, -0.05) is 0 Å². The Hall–Kier alpha value is -0.240. The van der Waals surface area contributed by atoms with E-state index >= 15 is 0 Å². The number of hydrogen-bond acceptors (Lipinski definition) is 6. The molecule has 0 aromatic rings. The van der Waals surface area contributed by atoms with Crippen LogP contribution in [0.4, 0.5) is 0 Å². The SMILES string of the molecule is CCO[C@H]1[C@@H](O)[C@H](O)[C@@H](CO)O[C@@H]1O. The smallest absolute Gasteiger partial charge is 0.184 e. The molecule has 0 aromatic heterocycles. The van der Waals surface area contributed by atoms with Crippen molar-refractivity contribution in [2.75, 3.05) is 13.2 Å². The first-order valence-electron chi connectivity index (χ1n) is 4.54. The Morgan fingerprint density at radius 3 is 2.36 bits per heavy atom. The average molecular weight is 208 g/mol. The summed E-state index contributed by atoms with van der Waals surface area (Å²) in [5, 5.41) is 37.1. The average Bonchev–Trinajstić information content (AvgIpc) is 2.18. The van der Waals surface area contributed by atoms with E-state index in [0.717, 1.165) is 0 Å². The number of rotatable bonds is 3. The minimum atomic E-state index is -1.33. The highest BCUT2D eigenvalue weighted by atomic mass is 16.7. The lowest BCUT2D eigenvalue weighted by Gasteiger charge is -2.39. The third-order valence-corrected chi connectivity index (χ3v) is 2.20. The van der Waals surface area contributed by atoms with E-state index in [2.05, 4.69) is 0 Å². The van der Waals surface area contributed by atoms with Crippen molar-refractivity contribution in [1.29, 1.82) is 0 Å².